The van der Waals surface area contributed by atoms with E-state index in [0.29, 0.717) is 31.8 Å². The summed E-state index contributed by atoms with van der Waals surface area (Å²) in [6, 6.07) is 2.43. The molecular formula is C17H18ClF3N6O2. The molecule has 1 aliphatic rings. The molecule has 1 aliphatic heterocycles. The Bertz CT molecular complexity index is 874. The van der Waals surface area contributed by atoms with Crippen LogP contribution in [0.15, 0.2) is 24.5 Å². The molecule has 1 saturated heterocycles. The molecule has 0 radical (unpaired) electrons. The van der Waals surface area contributed by atoms with Crippen molar-refractivity contribution in [1.29, 1.82) is 0 Å². The topological polar surface area (TPSA) is 92.3 Å². The monoisotopic (exact) mass is 430 g/mol. The van der Waals surface area contributed by atoms with Crippen LogP contribution >= 0.6 is 11.6 Å². The fourth-order valence-electron chi connectivity index (χ4n) is 2.91. The van der Waals surface area contributed by atoms with E-state index in [1.54, 1.807) is 11.0 Å². The number of carbonyl (C=O) groups is 1. The molecule has 3 heterocycles. The van der Waals surface area contributed by atoms with Crippen LogP contribution in [0, 0.1) is 5.92 Å². The number of halogens is 4. The number of hydrogen-bond donors (Lipinski definition) is 2. The van der Waals surface area contributed by atoms with Gasteiger partial charge in [0.25, 0.3) is 0 Å². The maximum Gasteiger partial charge on any atom is 0.417 e. The molecule has 8 nitrogen and oxygen atoms in total. The number of piperidine rings is 1. The molecule has 12 heteroatoms. The second-order valence-electron chi connectivity index (χ2n) is 6.33. The number of carbonyl (C=O) groups excluding carboxylic acids is 1. The molecular weight excluding hydrogens is 413 g/mol. The molecule has 0 aromatic carbocycles. The summed E-state index contributed by atoms with van der Waals surface area (Å²) in [5, 5.41) is -0.0698. The number of aromatic nitrogens is 3. The number of nitrogens with one attached hydrogen (secondary N) is 2. The summed E-state index contributed by atoms with van der Waals surface area (Å²) in [4.78, 5) is 26.0. The van der Waals surface area contributed by atoms with Gasteiger partial charge in [-0.1, -0.05) is 11.6 Å². The Morgan fingerprint density at radius 2 is 2.03 bits per heavy atom. The zero-order valence-electron chi connectivity index (χ0n) is 15.3. The summed E-state index contributed by atoms with van der Waals surface area (Å²) in [5.74, 6) is 0.309. The second-order valence-corrected chi connectivity index (χ2v) is 6.73. The highest BCUT2D eigenvalue weighted by molar-refractivity contribution is 6.33. The largest absolute Gasteiger partial charge is 0.481 e. The summed E-state index contributed by atoms with van der Waals surface area (Å²) in [7, 11) is 1.47. The Morgan fingerprint density at radius 1 is 1.31 bits per heavy atom. The van der Waals surface area contributed by atoms with Crippen LogP contribution in [0.3, 0.4) is 0 Å². The lowest BCUT2D eigenvalue weighted by atomic mass is 9.96. The minimum Gasteiger partial charge on any atom is -0.481 e. The quantitative estimate of drug-likeness (QED) is 0.704. The highest BCUT2D eigenvalue weighted by atomic mass is 35.5. The van der Waals surface area contributed by atoms with Gasteiger partial charge in [-0.05, 0) is 18.9 Å². The third-order valence-electron chi connectivity index (χ3n) is 4.45. The van der Waals surface area contributed by atoms with Crippen molar-refractivity contribution in [2.75, 3.05) is 30.5 Å². The fourth-order valence-corrected chi connectivity index (χ4v) is 3.19. The molecule has 2 aromatic heterocycles. The molecule has 2 aromatic rings. The van der Waals surface area contributed by atoms with Gasteiger partial charge in [0.15, 0.2) is 0 Å². The zero-order chi connectivity index (χ0) is 21.0. The Kier molecular flexibility index (Phi) is 6.26. The number of pyridine rings is 1. The zero-order valence-corrected chi connectivity index (χ0v) is 16.1. The number of amides is 1. The van der Waals surface area contributed by atoms with E-state index in [0.717, 1.165) is 12.3 Å². The van der Waals surface area contributed by atoms with Gasteiger partial charge >= 0.3 is 6.18 Å². The van der Waals surface area contributed by atoms with Gasteiger partial charge in [0.2, 0.25) is 17.7 Å². The van der Waals surface area contributed by atoms with Crippen LogP contribution in [0.2, 0.25) is 5.02 Å². The van der Waals surface area contributed by atoms with Crippen molar-refractivity contribution in [3.05, 3.63) is 35.1 Å². The van der Waals surface area contributed by atoms with Gasteiger partial charge < -0.3 is 9.64 Å². The number of alkyl halides is 3. The van der Waals surface area contributed by atoms with E-state index < -0.39 is 11.7 Å². The average Bonchev–Trinajstić information content (AvgIpc) is 2.71. The molecule has 0 saturated carbocycles. The lowest BCUT2D eigenvalue weighted by Gasteiger charge is -2.32. The predicted molar refractivity (Wildman–Crippen MR) is 99.5 cm³/mol. The summed E-state index contributed by atoms with van der Waals surface area (Å²) in [5.41, 5.74) is 4.29. The van der Waals surface area contributed by atoms with E-state index in [9.17, 15) is 18.0 Å². The van der Waals surface area contributed by atoms with Crippen LogP contribution in [0.4, 0.5) is 24.9 Å². The summed E-state index contributed by atoms with van der Waals surface area (Å²) >= 11 is 5.99. The van der Waals surface area contributed by atoms with Gasteiger partial charge in [-0.15, -0.1) is 0 Å². The first-order chi connectivity index (χ1) is 13.8. The van der Waals surface area contributed by atoms with Gasteiger partial charge in [-0.3, -0.25) is 15.6 Å². The average molecular weight is 431 g/mol. The molecule has 156 valence electrons. The number of nitrogens with zero attached hydrogens (tertiary/aromatic N) is 4. The number of methoxy groups -OCH3 is 1. The minimum atomic E-state index is -4.50. The van der Waals surface area contributed by atoms with E-state index in [4.69, 9.17) is 16.3 Å². The van der Waals surface area contributed by atoms with Gasteiger partial charge in [0, 0.05) is 37.5 Å². The van der Waals surface area contributed by atoms with Crippen LogP contribution in [0.5, 0.6) is 5.88 Å². The van der Waals surface area contributed by atoms with Crippen LogP contribution in [0.25, 0.3) is 0 Å². The number of rotatable bonds is 5. The molecule has 1 fully saturated rings. The number of anilines is 2. The lowest BCUT2D eigenvalue weighted by molar-refractivity contribution is -0.137. The Hall–Kier alpha value is -2.82. The third kappa shape index (κ3) is 5.17. The highest BCUT2D eigenvalue weighted by Gasteiger charge is 2.33. The van der Waals surface area contributed by atoms with Crippen molar-refractivity contribution < 1.29 is 22.7 Å². The Labute approximate surface area is 169 Å². The molecule has 1 amide bonds. The molecule has 2 N–H and O–H groups in total. The van der Waals surface area contributed by atoms with Gasteiger partial charge in [-0.2, -0.15) is 18.2 Å². The van der Waals surface area contributed by atoms with E-state index >= 15 is 0 Å². The van der Waals surface area contributed by atoms with Crippen molar-refractivity contribution in [2.24, 2.45) is 5.92 Å². The van der Waals surface area contributed by atoms with Gasteiger partial charge in [0.05, 0.1) is 17.7 Å². The first kappa shape index (κ1) is 20.9. The smallest absolute Gasteiger partial charge is 0.417 e. The molecule has 0 spiro atoms. The van der Waals surface area contributed by atoms with Crippen molar-refractivity contribution in [1.82, 2.24) is 20.4 Å². The van der Waals surface area contributed by atoms with Crippen molar-refractivity contribution in [3.63, 3.8) is 0 Å². The normalized spacial score (nSPS) is 15.1. The Balaban J connectivity index is 1.54. The van der Waals surface area contributed by atoms with E-state index in [-0.39, 0.29) is 28.6 Å². The van der Waals surface area contributed by atoms with E-state index in [2.05, 4.69) is 25.8 Å². The standard InChI is InChI=1S/C17H18ClF3N6O2/c1-29-13-2-5-22-16(24-13)26-25-15(28)10-3-6-27(7-4-10)14-12(18)8-11(9-23-14)17(19,20)21/h2,5,8-10H,3-4,6-7H2,1H3,(H,25,28)(H,22,24,26). The lowest BCUT2D eigenvalue weighted by Crippen LogP contribution is -2.42. The van der Waals surface area contributed by atoms with Crippen LogP contribution in [0.1, 0.15) is 18.4 Å². The molecule has 0 unspecified atom stereocenters. The molecule has 29 heavy (non-hydrogen) atoms. The van der Waals surface area contributed by atoms with Gasteiger partial charge in [0.1, 0.15) is 5.82 Å². The van der Waals surface area contributed by atoms with Gasteiger partial charge in [-0.25, -0.2) is 9.97 Å². The van der Waals surface area contributed by atoms with E-state index in [1.165, 1.54) is 13.3 Å². The first-order valence-electron chi connectivity index (χ1n) is 8.68. The molecule has 0 atom stereocenters. The summed E-state index contributed by atoms with van der Waals surface area (Å²) < 4.78 is 43.2. The minimum absolute atomic E-state index is 0.0698. The maximum absolute atomic E-state index is 12.7. The maximum atomic E-state index is 12.7. The van der Waals surface area contributed by atoms with Crippen molar-refractivity contribution in [2.45, 2.75) is 19.0 Å². The predicted octanol–water partition coefficient (Wildman–Crippen LogP) is 2.91. The third-order valence-corrected chi connectivity index (χ3v) is 4.73. The number of hydrazine groups is 1. The SMILES string of the molecule is COc1ccnc(NNC(=O)C2CCN(c3ncc(C(F)(F)F)cc3Cl)CC2)n1. The second kappa shape index (κ2) is 8.68. The number of ether oxygens (including phenoxy) is 1. The van der Waals surface area contributed by atoms with Crippen LogP contribution in [-0.4, -0.2) is 41.1 Å². The molecule has 0 bridgehead atoms. The first-order valence-corrected chi connectivity index (χ1v) is 9.06. The summed E-state index contributed by atoms with van der Waals surface area (Å²) in [6.07, 6.45) is -1.27. The van der Waals surface area contributed by atoms with Crippen molar-refractivity contribution in [3.8, 4) is 5.88 Å². The van der Waals surface area contributed by atoms with E-state index in [1.807, 2.05) is 0 Å². The van der Waals surface area contributed by atoms with Crippen molar-refractivity contribution >= 4 is 29.3 Å². The highest BCUT2D eigenvalue weighted by Crippen LogP contribution is 2.34. The molecule has 0 aliphatic carbocycles. The van der Waals surface area contributed by atoms with Crippen LogP contribution < -0.4 is 20.5 Å². The van der Waals surface area contributed by atoms with Crippen LogP contribution in [-0.2, 0) is 11.0 Å². The molecule has 3 rings (SSSR count). The number of hydrogen-bond acceptors (Lipinski definition) is 7. The Morgan fingerprint density at radius 3 is 2.66 bits per heavy atom. The fraction of sp³-hybridized carbons (Fsp3) is 0.412. The summed E-state index contributed by atoms with van der Waals surface area (Å²) in [6.45, 7) is 0.873.